The van der Waals surface area contributed by atoms with Gasteiger partial charge in [-0.1, -0.05) is 102 Å². The number of rotatable bonds is 6. The van der Waals surface area contributed by atoms with E-state index in [9.17, 15) is 0 Å². The summed E-state index contributed by atoms with van der Waals surface area (Å²) >= 11 is 1.98. The first-order chi connectivity index (χ1) is 12.9. The Balaban J connectivity index is 2.31. The fourth-order valence-corrected chi connectivity index (χ4v) is 13.9. The van der Waals surface area contributed by atoms with Gasteiger partial charge < -0.3 is 0 Å². The molecular formula is C25H32SSi. The highest BCUT2D eigenvalue weighted by Crippen LogP contribution is 2.45. The van der Waals surface area contributed by atoms with Gasteiger partial charge in [0.1, 0.15) is 0 Å². The van der Waals surface area contributed by atoms with E-state index in [1.165, 1.54) is 20.9 Å². The molecule has 0 unspecified atom stereocenters. The molecule has 1 aromatic heterocycles. The topological polar surface area (TPSA) is 0 Å². The van der Waals surface area contributed by atoms with Gasteiger partial charge in [-0.25, -0.2) is 0 Å². The van der Waals surface area contributed by atoms with E-state index in [2.05, 4.69) is 108 Å². The molecule has 0 nitrogen and oxygen atoms in total. The molecular weight excluding hydrogens is 360 g/mol. The second kappa shape index (κ2) is 8.16. The van der Waals surface area contributed by atoms with E-state index < -0.39 is 8.07 Å². The summed E-state index contributed by atoms with van der Waals surface area (Å²) in [5, 5.41) is 1.66. The Morgan fingerprint density at radius 2 is 1.07 bits per heavy atom. The van der Waals surface area contributed by atoms with Crippen molar-refractivity contribution in [2.45, 2.75) is 58.2 Å². The van der Waals surface area contributed by atoms with Gasteiger partial charge in [-0.05, 0) is 39.0 Å². The monoisotopic (exact) mass is 392 g/mol. The normalized spacial score (nSPS) is 12.3. The minimum absolute atomic E-state index is 0.707. The van der Waals surface area contributed by atoms with Gasteiger partial charge >= 0.3 is 0 Å². The Bertz CT molecular complexity index is 838. The molecule has 0 aliphatic heterocycles. The van der Waals surface area contributed by atoms with Crippen LogP contribution < -0.4 is 5.19 Å². The van der Waals surface area contributed by atoms with Crippen LogP contribution in [0.2, 0.25) is 16.6 Å². The largest absolute Gasteiger partial charge is 0.135 e. The lowest BCUT2D eigenvalue weighted by Gasteiger charge is -2.43. The number of hydrogen-bond acceptors (Lipinski definition) is 1. The molecule has 0 fully saturated rings. The highest BCUT2D eigenvalue weighted by Gasteiger charge is 2.46. The first-order valence-electron chi connectivity index (χ1n) is 10.1. The van der Waals surface area contributed by atoms with Crippen LogP contribution in [-0.2, 0) is 0 Å². The van der Waals surface area contributed by atoms with Crippen LogP contribution in [0, 0.1) is 0 Å². The smallest absolute Gasteiger partial charge is 0.0961 e. The third-order valence-electron chi connectivity index (χ3n) is 6.16. The number of hydrogen-bond donors (Lipinski definition) is 0. The van der Waals surface area contributed by atoms with Crippen LogP contribution in [0.15, 0.2) is 66.7 Å². The second-order valence-electron chi connectivity index (χ2n) is 8.48. The molecule has 0 saturated heterocycles. The summed E-state index contributed by atoms with van der Waals surface area (Å²) in [7, 11) is -1.73. The van der Waals surface area contributed by atoms with E-state index in [1.54, 1.807) is 5.19 Å². The number of benzene rings is 2. The molecule has 0 atom stereocenters. The molecule has 1 heterocycles. The molecule has 0 saturated carbocycles. The third kappa shape index (κ3) is 3.57. The highest BCUT2D eigenvalue weighted by atomic mass is 32.1. The molecule has 2 heteroatoms. The maximum Gasteiger partial charge on any atom is 0.0961 e. The zero-order valence-electron chi connectivity index (χ0n) is 17.5. The molecule has 3 aromatic rings. The SMILES string of the molecule is CC(C)[Si](c1cc(-c2ccccc2)sc1-c1ccccc1)(C(C)C)C(C)C. The van der Waals surface area contributed by atoms with Crippen LogP contribution in [0.1, 0.15) is 41.5 Å². The molecule has 0 aliphatic rings. The summed E-state index contributed by atoms with van der Waals surface area (Å²) in [6.07, 6.45) is 0. The van der Waals surface area contributed by atoms with Gasteiger partial charge in [-0.3, -0.25) is 0 Å². The first-order valence-corrected chi connectivity index (χ1v) is 13.2. The zero-order valence-corrected chi connectivity index (χ0v) is 19.3. The minimum Gasteiger partial charge on any atom is -0.135 e. The van der Waals surface area contributed by atoms with E-state index in [0.717, 1.165) is 0 Å². The Hall–Kier alpha value is -1.64. The molecule has 0 radical (unpaired) electrons. The van der Waals surface area contributed by atoms with E-state index in [1.807, 2.05) is 11.3 Å². The van der Waals surface area contributed by atoms with Crippen molar-refractivity contribution in [2.24, 2.45) is 0 Å². The Morgan fingerprint density at radius 1 is 0.630 bits per heavy atom. The Kier molecular flexibility index (Phi) is 6.07. The molecule has 0 bridgehead atoms. The quantitative estimate of drug-likeness (QED) is 0.373. The highest BCUT2D eigenvalue weighted by molar-refractivity contribution is 7.21. The Labute approximate surface area is 170 Å². The molecule has 0 N–H and O–H groups in total. The van der Waals surface area contributed by atoms with Crippen molar-refractivity contribution < 1.29 is 0 Å². The molecule has 0 aliphatic carbocycles. The van der Waals surface area contributed by atoms with Crippen LogP contribution in [0.4, 0.5) is 0 Å². The maximum absolute atomic E-state index is 2.55. The summed E-state index contributed by atoms with van der Waals surface area (Å²) in [4.78, 5) is 2.90. The Morgan fingerprint density at radius 3 is 1.52 bits per heavy atom. The third-order valence-corrected chi connectivity index (χ3v) is 14.6. The summed E-state index contributed by atoms with van der Waals surface area (Å²) in [5.41, 5.74) is 4.83. The number of thiophene rings is 1. The fourth-order valence-electron chi connectivity index (χ4n) is 5.19. The van der Waals surface area contributed by atoms with E-state index in [-0.39, 0.29) is 0 Å². The van der Waals surface area contributed by atoms with Gasteiger partial charge in [0.15, 0.2) is 0 Å². The van der Waals surface area contributed by atoms with Crippen LogP contribution in [0.5, 0.6) is 0 Å². The zero-order chi connectivity index (χ0) is 19.6. The van der Waals surface area contributed by atoms with Crippen LogP contribution >= 0.6 is 11.3 Å². The molecule has 0 amide bonds. The van der Waals surface area contributed by atoms with Gasteiger partial charge in [0.25, 0.3) is 0 Å². The van der Waals surface area contributed by atoms with Crippen LogP contribution in [0.3, 0.4) is 0 Å². The minimum atomic E-state index is -1.73. The summed E-state index contributed by atoms with van der Waals surface area (Å²) < 4.78 is 0. The predicted molar refractivity (Wildman–Crippen MR) is 126 cm³/mol. The van der Waals surface area contributed by atoms with E-state index in [4.69, 9.17) is 0 Å². The second-order valence-corrected chi connectivity index (χ2v) is 15.4. The van der Waals surface area contributed by atoms with Crippen LogP contribution in [-0.4, -0.2) is 8.07 Å². The summed E-state index contributed by atoms with van der Waals surface area (Å²) in [6, 6.07) is 24.5. The average molecular weight is 393 g/mol. The summed E-state index contributed by atoms with van der Waals surface area (Å²) in [6.45, 7) is 14.8. The summed E-state index contributed by atoms with van der Waals surface area (Å²) in [5.74, 6) is 0. The lowest BCUT2D eigenvalue weighted by Crippen LogP contribution is -2.55. The van der Waals surface area contributed by atoms with E-state index >= 15 is 0 Å². The van der Waals surface area contributed by atoms with Crippen molar-refractivity contribution in [1.82, 2.24) is 0 Å². The molecule has 0 spiro atoms. The maximum atomic E-state index is 2.55. The molecule has 27 heavy (non-hydrogen) atoms. The van der Waals surface area contributed by atoms with Gasteiger partial charge in [0.2, 0.25) is 0 Å². The van der Waals surface area contributed by atoms with Crippen molar-refractivity contribution in [3.8, 4) is 20.9 Å². The molecule has 142 valence electrons. The van der Waals surface area contributed by atoms with Gasteiger partial charge in [-0.15, -0.1) is 11.3 Å². The molecule has 3 rings (SSSR count). The standard InChI is InChI=1S/C25H32SSi/c1-18(2)27(19(3)4,20(5)6)24-17-23(21-13-9-7-10-14-21)26-25(24)22-15-11-8-12-16-22/h7-20H,1-6H3. The van der Waals surface area contributed by atoms with Gasteiger partial charge in [-0.2, -0.15) is 0 Å². The van der Waals surface area contributed by atoms with Crippen molar-refractivity contribution in [3.63, 3.8) is 0 Å². The van der Waals surface area contributed by atoms with E-state index in [0.29, 0.717) is 16.6 Å². The fraction of sp³-hybridized carbons (Fsp3) is 0.360. The molecule has 2 aromatic carbocycles. The van der Waals surface area contributed by atoms with Crippen molar-refractivity contribution in [1.29, 1.82) is 0 Å². The van der Waals surface area contributed by atoms with Crippen molar-refractivity contribution >= 4 is 24.6 Å². The van der Waals surface area contributed by atoms with Crippen molar-refractivity contribution in [2.75, 3.05) is 0 Å². The first kappa shape index (κ1) is 20.1. The lowest BCUT2D eigenvalue weighted by molar-refractivity contribution is 0.835. The van der Waals surface area contributed by atoms with Gasteiger partial charge in [0, 0.05) is 9.75 Å². The predicted octanol–water partition coefficient (Wildman–Crippen LogP) is 7.97. The lowest BCUT2D eigenvalue weighted by atomic mass is 10.1. The van der Waals surface area contributed by atoms with Crippen LogP contribution in [0.25, 0.3) is 20.9 Å². The average Bonchev–Trinajstić information content (AvgIpc) is 3.08. The van der Waals surface area contributed by atoms with Crippen molar-refractivity contribution in [3.05, 3.63) is 66.7 Å². The van der Waals surface area contributed by atoms with Gasteiger partial charge in [0.05, 0.1) is 8.07 Å².